The summed E-state index contributed by atoms with van der Waals surface area (Å²) in [5.41, 5.74) is 5.98. The van der Waals surface area contributed by atoms with Gasteiger partial charge in [0.15, 0.2) is 0 Å². The first kappa shape index (κ1) is 13.4. The molecule has 1 unspecified atom stereocenters. The number of hydrogen-bond acceptors (Lipinski definition) is 2. The van der Waals surface area contributed by atoms with Crippen LogP contribution in [0, 0.1) is 29.1 Å². The lowest BCUT2D eigenvalue weighted by molar-refractivity contribution is -0.126. The van der Waals surface area contributed by atoms with Gasteiger partial charge in [-0.05, 0) is 74.7 Å². The molecule has 3 nitrogen and oxygen atoms in total. The first-order valence-corrected chi connectivity index (χ1v) is 8.08. The highest BCUT2D eigenvalue weighted by atomic mass is 16.1. The van der Waals surface area contributed by atoms with E-state index in [0.29, 0.717) is 12.0 Å². The highest BCUT2D eigenvalue weighted by Gasteiger charge is 2.50. The largest absolute Gasteiger partial charge is 0.355 e. The van der Waals surface area contributed by atoms with Crippen LogP contribution in [-0.2, 0) is 4.79 Å². The molecule has 4 fully saturated rings. The van der Waals surface area contributed by atoms with E-state index in [4.69, 9.17) is 5.73 Å². The van der Waals surface area contributed by atoms with Gasteiger partial charge in [-0.3, -0.25) is 4.79 Å². The first-order valence-electron chi connectivity index (χ1n) is 8.08. The molecule has 19 heavy (non-hydrogen) atoms. The Hall–Kier alpha value is -0.570. The van der Waals surface area contributed by atoms with E-state index in [9.17, 15) is 4.79 Å². The van der Waals surface area contributed by atoms with Gasteiger partial charge in [0.25, 0.3) is 0 Å². The molecule has 0 aliphatic heterocycles. The Balaban J connectivity index is 1.56. The number of hydrogen-bond donors (Lipinski definition) is 2. The molecule has 0 aromatic heterocycles. The number of nitrogens with one attached hydrogen (secondary N) is 1. The number of nitrogens with two attached hydrogens (primary N) is 1. The van der Waals surface area contributed by atoms with Crippen LogP contribution in [0.5, 0.6) is 0 Å². The van der Waals surface area contributed by atoms with Crippen LogP contribution in [0.3, 0.4) is 0 Å². The molecule has 0 heterocycles. The fourth-order valence-electron chi connectivity index (χ4n) is 5.34. The number of amides is 1. The monoisotopic (exact) mass is 264 g/mol. The van der Waals surface area contributed by atoms with Gasteiger partial charge in [0.2, 0.25) is 5.91 Å². The molecule has 3 heteroatoms. The third-order valence-electron chi connectivity index (χ3n) is 5.85. The van der Waals surface area contributed by atoms with Gasteiger partial charge in [-0.25, -0.2) is 0 Å². The lowest BCUT2D eigenvalue weighted by atomic mass is 9.49. The highest BCUT2D eigenvalue weighted by molar-refractivity contribution is 5.78. The van der Waals surface area contributed by atoms with Crippen molar-refractivity contribution >= 4 is 5.91 Å². The van der Waals surface area contributed by atoms with Crippen LogP contribution in [-0.4, -0.2) is 19.0 Å². The molecule has 4 saturated carbocycles. The molecule has 3 N–H and O–H groups in total. The molecule has 1 atom stereocenters. The van der Waals surface area contributed by atoms with E-state index in [1.165, 1.54) is 38.5 Å². The smallest absolute Gasteiger partial charge is 0.222 e. The molecule has 4 aliphatic carbocycles. The van der Waals surface area contributed by atoms with Crippen molar-refractivity contribution in [3.05, 3.63) is 0 Å². The number of carbonyl (C=O) groups is 1. The zero-order valence-corrected chi connectivity index (χ0v) is 12.2. The maximum atomic E-state index is 12.1. The fourth-order valence-corrected chi connectivity index (χ4v) is 5.34. The summed E-state index contributed by atoms with van der Waals surface area (Å²) < 4.78 is 0. The van der Waals surface area contributed by atoms with E-state index >= 15 is 0 Å². The molecular weight excluding hydrogens is 236 g/mol. The van der Waals surface area contributed by atoms with Crippen molar-refractivity contribution in [1.82, 2.24) is 5.32 Å². The lowest BCUT2D eigenvalue weighted by Gasteiger charge is -2.57. The normalized spacial score (nSPS) is 41.3. The quantitative estimate of drug-likeness (QED) is 0.800. The summed E-state index contributed by atoms with van der Waals surface area (Å²) >= 11 is 0. The predicted octanol–water partition coefficient (Wildman–Crippen LogP) is 2.30. The summed E-state index contributed by atoms with van der Waals surface area (Å²) in [5.74, 6) is 3.17. The molecule has 108 valence electrons. The number of rotatable bonds is 5. The van der Waals surface area contributed by atoms with E-state index in [0.717, 1.165) is 30.7 Å². The van der Waals surface area contributed by atoms with Crippen molar-refractivity contribution < 1.29 is 4.79 Å². The van der Waals surface area contributed by atoms with Crippen molar-refractivity contribution in [3.8, 4) is 0 Å². The van der Waals surface area contributed by atoms with Gasteiger partial charge < -0.3 is 11.1 Å². The topological polar surface area (TPSA) is 55.1 Å². The predicted molar refractivity (Wildman–Crippen MR) is 76.5 cm³/mol. The van der Waals surface area contributed by atoms with Crippen molar-refractivity contribution in [2.45, 2.75) is 51.9 Å². The summed E-state index contributed by atoms with van der Waals surface area (Å²) in [6.45, 7) is 3.51. The summed E-state index contributed by atoms with van der Waals surface area (Å²) in [4.78, 5) is 12.1. The van der Waals surface area contributed by atoms with Crippen molar-refractivity contribution in [1.29, 1.82) is 0 Å². The second kappa shape index (κ2) is 5.08. The van der Waals surface area contributed by atoms with Gasteiger partial charge in [-0.15, -0.1) is 0 Å². The van der Waals surface area contributed by atoms with Crippen molar-refractivity contribution in [2.75, 3.05) is 13.1 Å². The minimum absolute atomic E-state index is 0.0684. The Morgan fingerprint density at radius 2 is 1.74 bits per heavy atom. The van der Waals surface area contributed by atoms with Crippen LogP contribution in [0.4, 0.5) is 0 Å². The molecule has 4 aliphatic rings. The van der Waals surface area contributed by atoms with E-state index in [1.807, 2.05) is 6.92 Å². The first-order chi connectivity index (χ1) is 9.10. The van der Waals surface area contributed by atoms with Crippen LogP contribution >= 0.6 is 0 Å². The summed E-state index contributed by atoms with van der Waals surface area (Å²) in [6.07, 6.45) is 9.30. The molecule has 4 rings (SSSR count). The van der Waals surface area contributed by atoms with Crippen LogP contribution in [0.1, 0.15) is 51.9 Å². The minimum atomic E-state index is 0.0684. The van der Waals surface area contributed by atoms with Gasteiger partial charge in [0, 0.05) is 12.5 Å². The Morgan fingerprint density at radius 3 is 2.21 bits per heavy atom. The minimum Gasteiger partial charge on any atom is -0.355 e. The maximum absolute atomic E-state index is 12.1. The van der Waals surface area contributed by atoms with E-state index in [2.05, 4.69) is 5.32 Å². The molecule has 0 radical (unpaired) electrons. The molecule has 0 saturated heterocycles. The molecule has 0 aromatic rings. The Labute approximate surface area is 116 Å². The second-order valence-corrected chi connectivity index (χ2v) is 7.61. The highest BCUT2D eigenvalue weighted by Crippen LogP contribution is 2.59. The van der Waals surface area contributed by atoms with E-state index in [1.54, 1.807) is 0 Å². The van der Waals surface area contributed by atoms with Crippen molar-refractivity contribution in [3.63, 3.8) is 0 Å². The SMILES string of the molecule is CC(CCN)C(=O)NCC12CC3CC(CC(C3)C1)C2. The summed E-state index contributed by atoms with van der Waals surface area (Å²) in [5, 5.41) is 3.23. The average molecular weight is 264 g/mol. The average Bonchev–Trinajstić information content (AvgIpc) is 2.34. The zero-order chi connectivity index (χ0) is 13.5. The third-order valence-corrected chi connectivity index (χ3v) is 5.85. The third kappa shape index (κ3) is 2.67. The Morgan fingerprint density at radius 1 is 1.21 bits per heavy atom. The molecule has 0 aromatic carbocycles. The van der Waals surface area contributed by atoms with Crippen LogP contribution in [0.25, 0.3) is 0 Å². The fraction of sp³-hybridized carbons (Fsp3) is 0.938. The van der Waals surface area contributed by atoms with Gasteiger partial charge in [0.1, 0.15) is 0 Å². The van der Waals surface area contributed by atoms with E-state index < -0.39 is 0 Å². The Kier molecular flexibility index (Phi) is 3.59. The van der Waals surface area contributed by atoms with Crippen molar-refractivity contribution in [2.24, 2.45) is 34.8 Å². The standard InChI is InChI=1S/C16H28N2O/c1-11(2-3-17)15(19)18-10-16-7-12-4-13(8-16)6-14(5-12)9-16/h11-14H,2-10,17H2,1H3,(H,18,19). The van der Waals surface area contributed by atoms with Crippen LogP contribution in [0.15, 0.2) is 0 Å². The molecule has 4 bridgehead atoms. The van der Waals surface area contributed by atoms with Gasteiger partial charge in [-0.2, -0.15) is 0 Å². The van der Waals surface area contributed by atoms with Gasteiger partial charge in [0.05, 0.1) is 0 Å². The Bertz CT molecular complexity index is 317. The molecular formula is C16H28N2O. The maximum Gasteiger partial charge on any atom is 0.222 e. The molecule has 0 spiro atoms. The van der Waals surface area contributed by atoms with Gasteiger partial charge in [-0.1, -0.05) is 6.92 Å². The lowest BCUT2D eigenvalue weighted by Crippen LogP contribution is -2.51. The summed E-state index contributed by atoms with van der Waals surface area (Å²) in [7, 11) is 0. The van der Waals surface area contributed by atoms with Gasteiger partial charge >= 0.3 is 0 Å². The number of carbonyl (C=O) groups excluding carboxylic acids is 1. The second-order valence-electron chi connectivity index (χ2n) is 7.61. The zero-order valence-electron chi connectivity index (χ0n) is 12.2. The van der Waals surface area contributed by atoms with E-state index in [-0.39, 0.29) is 11.8 Å². The van der Waals surface area contributed by atoms with Crippen LogP contribution < -0.4 is 11.1 Å². The van der Waals surface area contributed by atoms with Crippen LogP contribution in [0.2, 0.25) is 0 Å². The summed E-state index contributed by atoms with van der Waals surface area (Å²) in [6, 6.07) is 0. The molecule has 1 amide bonds.